The molecule has 0 bridgehead atoms. The summed E-state index contributed by atoms with van der Waals surface area (Å²) in [5.41, 5.74) is 0.710. The van der Waals surface area contributed by atoms with Crippen molar-refractivity contribution in [2.24, 2.45) is 0 Å². The van der Waals surface area contributed by atoms with Crippen LogP contribution in [0.3, 0.4) is 0 Å². The van der Waals surface area contributed by atoms with Gasteiger partial charge in [-0.1, -0.05) is 18.2 Å². The highest BCUT2D eigenvalue weighted by Gasteiger charge is 2.18. The molecule has 0 spiro atoms. The highest BCUT2D eigenvalue weighted by molar-refractivity contribution is 5.80. The SMILES string of the molecule is CC(C)Oc1ccc(C=C(CC(=O)O)CC(=O)OC(C)(C)C)cc1. The van der Waals surface area contributed by atoms with Crippen LogP contribution in [0.4, 0.5) is 0 Å². The molecule has 0 aliphatic carbocycles. The van der Waals surface area contributed by atoms with Crippen LogP contribution in [0.15, 0.2) is 29.8 Å². The van der Waals surface area contributed by atoms with E-state index in [9.17, 15) is 9.59 Å². The minimum Gasteiger partial charge on any atom is -0.491 e. The Kier molecular flexibility index (Phi) is 7.01. The molecule has 0 unspecified atom stereocenters. The maximum atomic E-state index is 11.9. The van der Waals surface area contributed by atoms with Gasteiger partial charge in [-0.15, -0.1) is 0 Å². The summed E-state index contributed by atoms with van der Waals surface area (Å²) in [7, 11) is 0. The smallest absolute Gasteiger partial charge is 0.310 e. The minimum atomic E-state index is -0.982. The van der Waals surface area contributed by atoms with E-state index in [4.69, 9.17) is 14.6 Å². The van der Waals surface area contributed by atoms with E-state index in [2.05, 4.69) is 0 Å². The third-order valence-electron chi connectivity index (χ3n) is 2.79. The van der Waals surface area contributed by atoms with Crippen LogP contribution >= 0.6 is 0 Å². The number of carboxylic acid groups (broad SMARTS) is 1. The minimum absolute atomic E-state index is 0.0478. The van der Waals surface area contributed by atoms with E-state index < -0.39 is 17.5 Å². The Morgan fingerprint density at radius 3 is 2.17 bits per heavy atom. The summed E-state index contributed by atoms with van der Waals surface area (Å²) in [6, 6.07) is 7.29. The predicted octanol–water partition coefficient (Wildman–Crippen LogP) is 4.06. The van der Waals surface area contributed by atoms with Gasteiger partial charge in [0.15, 0.2) is 0 Å². The largest absolute Gasteiger partial charge is 0.491 e. The molecule has 0 heterocycles. The van der Waals surface area contributed by atoms with Crippen LogP contribution in [0.5, 0.6) is 5.75 Å². The van der Waals surface area contributed by atoms with Crippen molar-refractivity contribution in [1.82, 2.24) is 0 Å². The Morgan fingerprint density at radius 2 is 1.71 bits per heavy atom. The second-order valence-electron chi connectivity index (χ2n) is 6.87. The number of carbonyl (C=O) groups excluding carboxylic acids is 1. The van der Waals surface area contributed by atoms with E-state index in [0.29, 0.717) is 5.57 Å². The van der Waals surface area contributed by atoms with Gasteiger partial charge < -0.3 is 14.6 Å². The molecule has 1 N–H and O–H groups in total. The van der Waals surface area contributed by atoms with Gasteiger partial charge in [0.1, 0.15) is 11.4 Å². The lowest BCUT2D eigenvalue weighted by Gasteiger charge is -2.19. The zero-order valence-corrected chi connectivity index (χ0v) is 15.0. The quantitative estimate of drug-likeness (QED) is 0.761. The van der Waals surface area contributed by atoms with Gasteiger partial charge in [0.25, 0.3) is 0 Å². The van der Waals surface area contributed by atoms with Gasteiger partial charge in [0.2, 0.25) is 0 Å². The van der Waals surface area contributed by atoms with Gasteiger partial charge in [-0.05, 0) is 57.9 Å². The molecule has 5 heteroatoms. The molecule has 24 heavy (non-hydrogen) atoms. The predicted molar refractivity (Wildman–Crippen MR) is 92.9 cm³/mol. The summed E-state index contributed by atoms with van der Waals surface area (Å²) >= 11 is 0. The van der Waals surface area contributed by atoms with Crippen molar-refractivity contribution in [2.45, 2.75) is 59.2 Å². The molecule has 1 aromatic rings. The highest BCUT2D eigenvalue weighted by atomic mass is 16.6. The van der Waals surface area contributed by atoms with Gasteiger partial charge in [-0.25, -0.2) is 0 Å². The van der Waals surface area contributed by atoms with E-state index in [1.165, 1.54) is 0 Å². The first kappa shape index (κ1) is 19.7. The summed E-state index contributed by atoms with van der Waals surface area (Å²) in [5, 5.41) is 9.04. The first-order valence-electron chi connectivity index (χ1n) is 7.95. The monoisotopic (exact) mass is 334 g/mol. The van der Waals surface area contributed by atoms with Crippen molar-refractivity contribution in [3.63, 3.8) is 0 Å². The molecule has 132 valence electrons. The Labute approximate surface area is 143 Å². The van der Waals surface area contributed by atoms with E-state index >= 15 is 0 Å². The van der Waals surface area contributed by atoms with Gasteiger partial charge in [-0.2, -0.15) is 0 Å². The van der Waals surface area contributed by atoms with E-state index in [1.807, 2.05) is 38.1 Å². The third kappa shape index (κ3) is 8.36. The van der Waals surface area contributed by atoms with Crippen LogP contribution < -0.4 is 4.74 Å². The Morgan fingerprint density at radius 1 is 1.12 bits per heavy atom. The lowest BCUT2D eigenvalue weighted by molar-refractivity contribution is -0.153. The van der Waals surface area contributed by atoms with Gasteiger partial charge >= 0.3 is 11.9 Å². The lowest BCUT2D eigenvalue weighted by Crippen LogP contribution is -2.24. The first-order chi connectivity index (χ1) is 11.0. The maximum absolute atomic E-state index is 11.9. The molecule has 0 saturated carbocycles. The van der Waals surface area contributed by atoms with Crippen molar-refractivity contribution in [1.29, 1.82) is 0 Å². The molecule has 0 aromatic heterocycles. The molecule has 0 fully saturated rings. The van der Waals surface area contributed by atoms with Crippen LogP contribution in [0.25, 0.3) is 6.08 Å². The number of hydrogen-bond donors (Lipinski definition) is 1. The van der Waals surface area contributed by atoms with Crippen molar-refractivity contribution in [3.05, 3.63) is 35.4 Å². The number of carbonyl (C=O) groups is 2. The average Bonchev–Trinajstić information content (AvgIpc) is 2.37. The molecular weight excluding hydrogens is 308 g/mol. The molecule has 0 radical (unpaired) electrons. The first-order valence-corrected chi connectivity index (χ1v) is 7.95. The standard InChI is InChI=1S/C19H26O5/c1-13(2)23-16-8-6-14(7-9-16)10-15(11-17(20)21)12-18(22)24-19(3,4)5/h6-10,13H,11-12H2,1-5H3,(H,20,21). The lowest BCUT2D eigenvalue weighted by atomic mass is 10.0. The van der Waals surface area contributed by atoms with Gasteiger partial charge in [0.05, 0.1) is 18.9 Å². The molecule has 1 rings (SSSR count). The summed E-state index contributed by atoms with van der Waals surface area (Å²) in [5.74, 6) is -0.673. The zero-order valence-electron chi connectivity index (χ0n) is 15.0. The normalized spacial score (nSPS) is 12.2. The fraction of sp³-hybridized carbons (Fsp3) is 0.474. The summed E-state index contributed by atoms with van der Waals surface area (Å²) in [4.78, 5) is 23.0. The molecular formula is C19H26O5. The number of hydrogen-bond acceptors (Lipinski definition) is 4. The van der Waals surface area contributed by atoms with Crippen LogP contribution in [0.2, 0.25) is 0 Å². The van der Waals surface area contributed by atoms with Gasteiger partial charge in [-0.3, -0.25) is 9.59 Å². The molecule has 0 aliphatic heterocycles. The third-order valence-corrected chi connectivity index (χ3v) is 2.79. The average molecular weight is 334 g/mol. The van der Waals surface area contributed by atoms with Crippen molar-refractivity contribution < 1.29 is 24.2 Å². The molecule has 5 nitrogen and oxygen atoms in total. The summed E-state index contributed by atoms with van der Waals surface area (Å²) in [6.07, 6.45) is 1.54. The Hall–Kier alpha value is -2.30. The van der Waals surface area contributed by atoms with Gasteiger partial charge in [0, 0.05) is 0 Å². The van der Waals surface area contributed by atoms with Crippen molar-refractivity contribution >= 4 is 18.0 Å². The van der Waals surface area contributed by atoms with Crippen molar-refractivity contribution in [3.8, 4) is 5.75 Å². The number of aliphatic carboxylic acids is 1. The van der Waals surface area contributed by atoms with E-state index in [0.717, 1.165) is 11.3 Å². The number of rotatable bonds is 7. The number of esters is 1. The number of carboxylic acids is 1. The van der Waals surface area contributed by atoms with Crippen LogP contribution in [-0.2, 0) is 14.3 Å². The fourth-order valence-corrected chi connectivity index (χ4v) is 2.07. The fourth-order valence-electron chi connectivity index (χ4n) is 2.07. The number of benzene rings is 1. The molecule has 0 aliphatic rings. The Bertz CT molecular complexity index is 591. The summed E-state index contributed by atoms with van der Waals surface area (Å²) < 4.78 is 10.8. The van der Waals surface area contributed by atoms with Crippen LogP contribution in [0.1, 0.15) is 53.0 Å². The van der Waals surface area contributed by atoms with E-state index in [1.54, 1.807) is 26.8 Å². The molecule has 0 saturated heterocycles. The molecule has 0 atom stereocenters. The van der Waals surface area contributed by atoms with E-state index in [-0.39, 0.29) is 18.9 Å². The zero-order chi connectivity index (χ0) is 18.3. The van der Waals surface area contributed by atoms with Crippen LogP contribution in [0, 0.1) is 0 Å². The second-order valence-corrected chi connectivity index (χ2v) is 6.87. The van der Waals surface area contributed by atoms with Crippen LogP contribution in [-0.4, -0.2) is 28.8 Å². The Balaban J connectivity index is 2.88. The second kappa shape index (κ2) is 8.52. The molecule has 1 aromatic carbocycles. The maximum Gasteiger partial charge on any atom is 0.310 e. The number of ether oxygens (including phenoxy) is 2. The summed E-state index contributed by atoms with van der Waals surface area (Å²) in [6.45, 7) is 9.22. The van der Waals surface area contributed by atoms with Crippen molar-refractivity contribution in [2.75, 3.05) is 0 Å². The topological polar surface area (TPSA) is 72.8 Å². The molecule has 0 amide bonds. The highest BCUT2D eigenvalue weighted by Crippen LogP contribution is 2.20.